The molecule has 0 unspecified atom stereocenters. The molecule has 24 heavy (non-hydrogen) atoms. The van der Waals surface area contributed by atoms with Crippen LogP contribution in [-0.4, -0.2) is 32.7 Å². The third kappa shape index (κ3) is 3.41. The van der Waals surface area contributed by atoms with Gasteiger partial charge in [0.1, 0.15) is 5.75 Å². The van der Waals surface area contributed by atoms with E-state index in [1.165, 1.54) is 0 Å². The second kappa shape index (κ2) is 7.18. The summed E-state index contributed by atoms with van der Waals surface area (Å²) >= 11 is 5.27. The molecule has 0 fully saturated rings. The van der Waals surface area contributed by atoms with E-state index in [9.17, 15) is 0 Å². The molecule has 2 aromatic heterocycles. The van der Waals surface area contributed by atoms with Crippen molar-refractivity contribution in [1.29, 1.82) is 0 Å². The van der Waals surface area contributed by atoms with Gasteiger partial charge in [-0.15, -0.1) is 0 Å². The topological polar surface area (TPSA) is 68.1 Å². The molecule has 0 saturated carbocycles. The van der Waals surface area contributed by atoms with Crippen molar-refractivity contribution < 1.29 is 4.74 Å². The second-order valence-corrected chi connectivity index (χ2v) is 5.49. The highest BCUT2D eigenvalue weighted by molar-refractivity contribution is 7.71. The minimum Gasteiger partial charge on any atom is -0.494 e. The molecular formula is C17H17N5OS. The molecule has 3 rings (SSSR count). The molecule has 0 radical (unpaired) electrons. The average Bonchev–Trinajstić information content (AvgIpc) is 2.97. The number of hydrogen-bond acceptors (Lipinski definition) is 5. The second-order valence-electron chi connectivity index (χ2n) is 5.10. The van der Waals surface area contributed by atoms with Crippen LogP contribution in [0, 0.1) is 11.7 Å². The predicted octanol–water partition coefficient (Wildman–Crippen LogP) is 3.59. The van der Waals surface area contributed by atoms with E-state index in [1.54, 1.807) is 23.3 Å². The maximum Gasteiger partial charge on any atom is 0.216 e. The Morgan fingerprint density at radius 3 is 2.83 bits per heavy atom. The van der Waals surface area contributed by atoms with Gasteiger partial charge in [0.15, 0.2) is 5.82 Å². The van der Waals surface area contributed by atoms with Crippen LogP contribution in [0.2, 0.25) is 0 Å². The number of H-pyrrole nitrogens is 1. The molecule has 6 nitrogen and oxygen atoms in total. The first kappa shape index (κ1) is 16.1. The molecule has 7 heteroatoms. The van der Waals surface area contributed by atoms with Crippen LogP contribution in [0.5, 0.6) is 5.75 Å². The molecule has 0 bridgehead atoms. The minimum absolute atomic E-state index is 0.426. The number of aromatic nitrogens is 4. The number of ether oxygens (including phenoxy) is 1. The van der Waals surface area contributed by atoms with Gasteiger partial charge in [0, 0.05) is 18.0 Å². The van der Waals surface area contributed by atoms with Crippen molar-refractivity contribution in [2.24, 2.45) is 5.10 Å². The van der Waals surface area contributed by atoms with Crippen molar-refractivity contribution in [3.8, 4) is 17.1 Å². The van der Waals surface area contributed by atoms with E-state index in [0.717, 1.165) is 22.4 Å². The van der Waals surface area contributed by atoms with Crippen molar-refractivity contribution in [3.63, 3.8) is 0 Å². The van der Waals surface area contributed by atoms with Crippen molar-refractivity contribution in [1.82, 2.24) is 19.9 Å². The summed E-state index contributed by atoms with van der Waals surface area (Å²) in [5.41, 5.74) is 2.90. The van der Waals surface area contributed by atoms with Crippen molar-refractivity contribution >= 4 is 18.4 Å². The SMILES string of the molecule is CCOc1cc(/C=N/n2c(-c3ccncc3)n[nH]c2=S)ccc1C. The fourth-order valence-electron chi connectivity index (χ4n) is 2.22. The third-order valence-electron chi connectivity index (χ3n) is 3.42. The maximum absolute atomic E-state index is 5.62. The first-order valence-electron chi connectivity index (χ1n) is 7.54. The summed E-state index contributed by atoms with van der Waals surface area (Å²) < 4.78 is 7.63. The molecule has 0 saturated heterocycles. The molecule has 0 aliphatic rings. The Bertz CT molecular complexity index is 914. The summed E-state index contributed by atoms with van der Waals surface area (Å²) in [5, 5.41) is 11.5. The summed E-state index contributed by atoms with van der Waals surface area (Å²) in [6.07, 6.45) is 5.14. The van der Waals surface area contributed by atoms with Crippen molar-refractivity contribution in [2.45, 2.75) is 13.8 Å². The number of benzene rings is 1. The summed E-state index contributed by atoms with van der Waals surface area (Å²) in [4.78, 5) is 4.01. The Morgan fingerprint density at radius 1 is 1.29 bits per heavy atom. The molecule has 1 N–H and O–H groups in total. The number of hydrogen-bond donors (Lipinski definition) is 1. The van der Waals surface area contributed by atoms with Gasteiger partial charge >= 0.3 is 0 Å². The predicted molar refractivity (Wildman–Crippen MR) is 96.0 cm³/mol. The summed E-state index contributed by atoms with van der Waals surface area (Å²) in [7, 11) is 0. The standard InChI is InChI=1S/C17H17N5OS/c1-3-23-15-10-13(5-4-12(15)2)11-19-22-16(20-21-17(22)24)14-6-8-18-9-7-14/h4-11H,3H2,1-2H3,(H,21,24)/b19-11+. The molecule has 2 heterocycles. The number of pyridine rings is 1. The Labute approximate surface area is 144 Å². The number of aryl methyl sites for hydroxylation is 1. The molecule has 3 aromatic rings. The van der Waals surface area contributed by atoms with Crippen LogP contribution < -0.4 is 4.74 Å². The van der Waals surface area contributed by atoms with Crippen molar-refractivity contribution in [2.75, 3.05) is 6.61 Å². The van der Waals surface area contributed by atoms with Gasteiger partial charge < -0.3 is 4.74 Å². The van der Waals surface area contributed by atoms with Gasteiger partial charge in [-0.1, -0.05) is 12.1 Å². The molecule has 0 amide bonds. The highest BCUT2D eigenvalue weighted by Crippen LogP contribution is 2.19. The summed E-state index contributed by atoms with van der Waals surface area (Å²) in [6.45, 7) is 4.60. The van der Waals surface area contributed by atoms with E-state index in [0.29, 0.717) is 17.2 Å². The maximum atomic E-state index is 5.62. The van der Waals surface area contributed by atoms with Crippen LogP contribution in [0.4, 0.5) is 0 Å². The molecule has 0 aliphatic carbocycles. The normalized spacial score (nSPS) is 11.1. The molecule has 122 valence electrons. The zero-order valence-electron chi connectivity index (χ0n) is 13.4. The van der Waals surface area contributed by atoms with Crippen LogP contribution in [0.3, 0.4) is 0 Å². The number of rotatable bonds is 5. The van der Waals surface area contributed by atoms with E-state index >= 15 is 0 Å². The van der Waals surface area contributed by atoms with E-state index in [2.05, 4.69) is 20.3 Å². The third-order valence-corrected chi connectivity index (χ3v) is 3.69. The van der Waals surface area contributed by atoms with E-state index in [-0.39, 0.29) is 0 Å². The highest BCUT2D eigenvalue weighted by Gasteiger charge is 2.07. The van der Waals surface area contributed by atoms with Crippen LogP contribution in [-0.2, 0) is 0 Å². The lowest BCUT2D eigenvalue weighted by molar-refractivity contribution is 0.338. The first-order valence-corrected chi connectivity index (χ1v) is 7.95. The van der Waals surface area contributed by atoms with Gasteiger partial charge in [-0.3, -0.25) is 4.98 Å². The Kier molecular flexibility index (Phi) is 4.81. The van der Waals surface area contributed by atoms with E-state index in [1.807, 2.05) is 44.2 Å². The summed E-state index contributed by atoms with van der Waals surface area (Å²) in [6, 6.07) is 9.66. The van der Waals surface area contributed by atoms with Gasteiger partial charge in [-0.05, 0) is 55.4 Å². The lowest BCUT2D eigenvalue weighted by Crippen LogP contribution is -1.97. The molecule has 0 atom stereocenters. The smallest absolute Gasteiger partial charge is 0.216 e. The van der Waals surface area contributed by atoms with Gasteiger partial charge in [-0.2, -0.15) is 14.9 Å². The highest BCUT2D eigenvalue weighted by atomic mass is 32.1. The van der Waals surface area contributed by atoms with Crippen LogP contribution in [0.25, 0.3) is 11.4 Å². The minimum atomic E-state index is 0.426. The molecule has 0 aliphatic heterocycles. The number of nitrogens with zero attached hydrogens (tertiary/aromatic N) is 4. The zero-order chi connectivity index (χ0) is 16.9. The van der Waals surface area contributed by atoms with Crippen molar-refractivity contribution in [3.05, 3.63) is 58.6 Å². The summed E-state index contributed by atoms with van der Waals surface area (Å²) in [5.74, 6) is 1.49. The lowest BCUT2D eigenvalue weighted by atomic mass is 10.1. The Hall–Kier alpha value is -2.80. The first-order chi connectivity index (χ1) is 11.7. The molecular weight excluding hydrogens is 322 g/mol. The van der Waals surface area contributed by atoms with Crippen LogP contribution in [0.15, 0.2) is 47.8 Å². The zero-order valence-corrected chi connectivity index (χ0v) is 14.2. The van der Waals surface area contributed by atoms with Gasteiger partial charge in [-0.25, -0.2) is 5.10 Å². The van der Waals surface area contributed by atoms with Gasteiger partial charge in [0.05, 0.1) is 12.8 Å². The molecule has 1 aromatic carbocycles. The quantitative estimate of drug-likeness (QED) is 0.570. The largest absolute Gasteiger partial charge is 0.494 e. The van der Waals surface area contributed by atoms with E-state index < -0.39 is 0 Å². The van der Waals surface area contributed by atoms with Crippen LogP contribution in [0.1, 0.15) is 18.1 Å². The number of aromatic amines is 1. The fourth-order valence-corrected chi connectivity index (χ4v) is 2.40. The average molecular weight is 339 g/mol. The van der Waals surface area contributed by atoms with E-state index in [4.69, 9.17) is 17.0 Å². The monoisotopic (exact) mass is 339 g/mol. The fraction of sp³-hybridized carbons (Fsp3) is 0.176. The van der Waals surface area contributed by atoms with Gasteiger partial charge in [0.2, 0.25) is 4.77 Å². The Morgan fingerprint density at radius 2 is 2.08 bits per heavy atom. The Balaban J connectivity index is 1.95. The van der Waals surface area contributed by atoms with Crippen LogP contribution >= 0.6 is 12.2 Å². The number of nitrogens with one attached hydrogen (secondary N) is 1. The lowest BCUT2D eigenvalue weighted by Gasteiger charge is -2.07. The molecule has 0 spiro atoms. The van der Waals surface area contributed by atoms with Gasteiger partial charge in [0.25, 0.3) is 0 Å².